The Hall–Kier alpha value is -1.82. The Morgan fingerprint density at radius 2 is 1.90 bits per heavy atom. The van der Waals surface area contributed by atoms with Crippen molar-refractivity contribution in [2.24, 2.45) is 5.92 Å². The molecule has 1 unspecified atom stereocenters. The van der Waals surface area contributed by atoms with Crippen LogP contribution in [0.4, 0.5) is 10.6 Å². The molecule has 2 N–H and O–H groups in total. The summed E-state index contributed by atoms with van der Waals surface area (Å²) in [5.41, 5.74) is 1.04. The van der Waals surface area contributed by atoms with Crippen LogP contribution in [0, 0.1) is 5.92 Å². The Morgan fingerprint density at radius 3 is 2.62 bits per heavy atom. The largest absolute Gasteiger partial charge is 0.357 e. The number of likely N-dealkylation sites (tertiary alicyclic amines) is 1. The van der Waals surface area contributed by atoms with Gasteiger partial charge in [-0.25, -0.2) is 9.78 Å². The number of carbonyl (C=O) groups excluding carboxylic acids is 1. The van der Waals surface area contributed by atoms with Crippen molar-refractivity contribution in [1.82, 2.24) is 20.5 Å². The minimum Gasteiger partial charge on any atom is -0.357 e. The van der Waals surface area contributed by atoms with Gasteiger partial charge in [0.05, 0.1) is 0 Å². The molecule has 0 aliphatic carbocycles. The zero-order chi connectivity index (χ0) is 20.5. The Bertz CT molecular complexity index is 612. The molecule has 2 amide bonds. The third-order valence-electron chi connectivity index (χ3n) is 6.47. The van der Waals surface area contributed by atoms with Gasteiger partial charge in [-0.2, -0.15) is 0 Å². The van der Waals surface area contributed by atoms with Gasteiger partial charge in [0.15, 0.2) is 0 Å². The Labute approximate surface area is 176 Å². The molecule has 3 rings (SSSR count). The van der Waals surface area contributed by atoms with Gasteiger partial charge in [-0.05, 0) is 76.1 Å². The van der Waals surface area contributed by atoms with Gasteiger partial charge in [-0.15, -0.1) is 0 Å². The molecular weight excluding hydrogens is 362 g/mol. The highest BCUT2D eigenvalue weighted by molar-refractivity contribution is 5.73. The predicted octanol–water partition coefficient (Wildman–Crippen LogP) is 3.77. The standard InChI is InChI=1S/C23H39N5O/c1-19-10-15-28(16-11-19)22-9-8-21(17-25-22)18-26-23(29)24-12-4-6-14-27-13-5-3-7-20(27)2/h8-9,17,19-20H,3-7,10-16,18H2,1-2H3,(H2,24,26,29). The van der Waals surface area contributed by atoms with E-state index in [-0.39, 0.29) is 6.03 Å². The van der Waals surface area contributed by atoms with Gasteiger partial charge in [-0.3, -0.25) is 0 Å². The highest BCUT2D eigenvalue weighted by atomic mass is 16.2. The van der Waals surface area contributed by atoms with Crippen molar-refractivity contribution in [2.45, 2.75) is 71.4 Å². The van der Waals surface area contributed by atoms with E-state index in [0.29, 0.717) is 6.54 Å². The number of anilines is 1. The summed E-state index contributed by atoms with van der Waals surface area (Å²) in [5, 5.41) is 5.91. The molecule has 29 heavy (non-hydrogen) atoms. The van der Waals surface area contributed by atoms with Gasteiger partial charge in [0.1, 0.15) is 5.82 Å². The molecule has 1 aromatic heterocycles. The van der Waals surface area contributed by atoms with E-state index in [0.717, 1.165) is 62.4 Å². The highest BCUT2D eigenvalue weighted by Crippen LogP contribution is 2.21. The number of nitrogens with zero attached hydrogens (tertiary/aromatic N) is 3. The summed E-state index contributed by atoms with van der Waals surface area (Å²) in [4.78, 5) is 21.6. The fraction of sp³-hybridized carbons (Fsp3) is 0.739. The van der Waals surface area contributed by atoms with E-state index in [2.05, 4.69) is 51.4 Å². The highest BCUT2D eigenvalue weighted by Gasteiger charge is 2.17. The van der Waals surface area contributed by atoms with Crippen LogP contribution in [-0.4, -0.2) is 54.7 Å². The van der Waals surface area contributed by atoms with Crippen LogP contribution in [0.15, 0.2) is 18.3 Å². The van der Waals surface area contributed by atoms with Crippen molar-refractivity contribution in [3.63, 3.8) is 0 Å². The smallest absolute Gasteiger partial charge is 0.315 e. The van der Waals surface area contributed by atoms with E-state index in [4.69, 9.17) is 0 Å². The molecule has 6 heteroatoms. The Morgan fingerprint density at radius 1 is 1.07 bits per heavy atom. The van der Waals surface area contributed by atoms with Crippen LogP contribution in [-0.2, 0) is 6.54 Å². The third kappa shape index (κ3) is 7.18. The maximum atomic E-state index is 12.0. The first-order valence-corrected chi connectivity index (χ1v) is 11.6. The molecule has 1 aromatic rings. The van der Waals surface area contributed by atoms with Crippen LogP contribution in [0.1, 0.15) is 64.4 Å². The number of aromatic nitrogens is 1. The summed E-state index contributed by atoms with van der Waals surface area (Å²) in [6.45, 7) is 10.5. The number of rotatable bonds is 8. The zero-order valence-corrected chi connectivity index (χ0v) is 18.3. The lowest BCUT2D eigenvalue weighted by Crippen LogP contribution is -2.38. The molecule has 2 aliphatic rings. The topological polar surface area (TPSA) is 60.5 Å². The number of nitrogens with one attached hydrogen (secondary N) is 2. The summed E-state index contributed by atoms with van der Waals surface area (Å²) in [5.74, 6) is 1.87. The summed E-state index contributed by atoms with van der Waals surface area (Å²) < 4.78 is 0. The second-order valence-electron chi connectivity index (χ2n) is 8.89. The van der Waals surface area contributed by atoms with Crippen molar-refractivity contribution < 1.29 is 4.79 Å². The van der Waals surface area contributed by atoms with Crippen LogP contribution in [0.5, 0.6) is 0 Å². The summed E-state index contributed by atoms with van der Waals surface area (Å²) in [6.07, 6.45) is 10.6. The van der Waals surface area contributed by atoms with Gasteiger partial charge >= 0.3 is 6.03 Å². The molecule has 1 atom stereocenters. The minimum absolute atomic E-state index is 0.0922. The SMILES string of the molecule is CC1CCN(c2ccc(CNC(=O)NCCCCN3CCCCC3C)cn2)CC1. The van der Waals surface area contributed by atoms with Gasteiger partial charge in [-0.1, -0.05) is 19.4 Å². The van der Waals surface area contributed by atoms with Crippen LogP contribution >= 0.6 is 0 Å². The normalized spacial score (nSPS) is 21.2. The number of pyridine rings is 1. The Balaban J connectivity index is 1.27. The first kappa shape index (κ1) is 21.9. The number of amides is 2. The Kier molecular flexibility index (Phi) is 8.59. The fourth-order valence-electron chi connectivity index (χ4n) is 4.32. The zero-order valence-electron chi connectivity index (χ0n) is 18.3. The first-order valence-electron chi connectivity index (χ1n) is 11.6. The lowest BCUT2D eigenvalue weighted by Gasteiger charge is -2.33. The second kappa shape index (κ2) is 11.4. The summed E-state index contributed by atoms with van der Waals surface area (Å²) in [6, 6.07) is 4.77. The van der Waals surface area contributed by atoms with E-state index in [9.17, 15) is 4.79 Å². The van der Waals surface area contributed by atoms with Gasteiger partial charge in [0.25, 0.3) is 0 Å². The lowest BCUT2D eigenvalue weighted by molar-refractivity contribution is 0.158. The first-order chi connectivity index (χ1) is 14.1. The van der Waals surface area contributed by atoms with Crippen molar-refractivity contribution >= 4 is 11.8 Å². The molecular formula is C23H39N5O. The number of piperidine rings is 2. The van der Waals surface area contributed by atoms with Crippen molar-refractivity contribution in [3.05, 3.63) is 23.9 Å². The second-order valence-corrected chi connectivity index (χ2v) is 8.89. The van der Waals surface area contributed by atoms with E-state index in [1.807, 2.05) is 6.20 Å². The molecule has 0 bridgehead atoms. The molecule has 0 aromatic carbocycles. The predicted molar refractivity (Wildman–Crippen MR) is 119 cm³/mol. The van der Waals surface area contributed by atoms with Crippen LogP contribution in [0.2, 0.25) is 0 Å². The molecule has 2 aliphatic heterocycles. The summed E-state index contributed by atoms with van der Waals surface area (Å²) >= 11 is 0. The quantitative estimate of drug-likeness (QED) is 0.651. The number of unbranched alkanes of at least 4 members (excludes halogenated alkanes) is 1. The molecule has 2 fully saturated rings. The van der Waals surface area contributed by atoms with E-state index in [1.165, 1.54) is 38.6 Å². The monoisotopic (exact) mass is 401 g/mol. The van der Waals surface area contributed by atoms with Crippen molar-refractivity contribution in [2.75, 3.05) is 37.6 Å². The maximum absolute atomic E-state index is 12.0. The van der Waals surface area contributed by atoms with Crippen molar-refractivity contribution in [3.8, 4) is 0 Å². The number of carbonyl (C=O) groups is 1. The molecule has 3 heterocycles. The van der Waals surface area contributed by atoms with Gasteiger partial charge in [0.2, 0.25) is 0 Å². The molecule has 162 valence electrons. The third-order valence-corrected chi connectivity index (χ3v) is 6.47. The molecule has 0 radical (unpaired) electrons. The average Bonchev–Trinajstić information content (AvgIpc) is 2.74. The molecule has 0 saturated carbocycles. The number of hydrogen-bond donors (Lipinski definition) is 2. The van der Waals surface area contributed by atoms with Crippen LogP contribution in [0.25, 0.3) is 0 Å². The molecule has 0 spiro atoms. The fourth-order valence-corrected chi connectivity index (χ4v) is 4.32. The molecule has 2 saturated heterocycles. The van der Waals surface area contributed by atoms with E-state index >= 15 is 0 Å². The maximum Gasteiger partial charge on any atom is 0.315 e. The van der Waals surface area contributed by atoms with Crippen LogP contribution < -0.4 is 15.5 Å². The van der Waals surface area contributed by atoms with E-state index in [1.54, 1.807) is 0 Å². The number of urea groups is 1. The average molecular weight is 402 g/mol. The van der Waals surface area contributed by atoms with Gasteiger partial charge < -0.3 is 20.4 Å². The minimum atomic E-state index is -0.0922. The number of hydrogen-bond acceptors (Lipinski definition) is 4. The van der Waals surface area contributed by atoms with Crippen molar-refractivity contribution in [1.29, 1.82) is 0 Å². The van der Waals surface area contributed by atoms with Gasteiger partial charge in [0, 0.05) is 38.4 Å². The summed E-state index contributed by atoms with van der Waals surface area (Å²) in [7, 11) is 0. The molecule has 6 nitrogen and oxygen atoms in total. The van der Waals surface area contributed by atoms with E-state index < -0.39 is 0 Å². The van der Waals surface area contributed by atoms with Crippen LogP contribution in [0.3, 0.4) is 0 Å². The lowest BCUT2D eigenvalue weighted by atomic mass is 9.99.